The van der Waals surface area contributed by atoms with Crippen molar-refractivity contribution in [3.63, 3.8) is 0 Å². The summed E-state index contributed by atoms with van der Waals surface area (Å²) < 4.78 is 0. The average Bonchev–Trinajstić information content (AvgIpc) is 3.34. The van der Waals surface area contributed by atoms with E-state index in [4.69, 9.17) is 17.3 Å². The van der Waals surface area contributed by atoms with E-state index < -0.39 is 6.04 Å². The predicted octanol–water partition coefficient (Wildman–Crippen LogP) is 2.37. The molecule has 2 rings (SSSR count). The minimum absolute atomic E-state index is 0. The first-order valence-corrected chi connectivity index (χ1v) is 8.37. The molecule has 1 aliphatic rings. The number of benzene rings is 1. The van der Waals surface area contributed by atoms with Gasteiger partial charge >= 0.3 is 0 Å². The van der Waals surface area contributed by atoms with Crippen LogP contribution < -0.4 is 16.4 Å². The van der Waals surface area contributed by atoms with E-state index in [1.54, 1.807) is 24.3 Å². The first-order chi connectivity index (χ1) is 10.9. The van der Waals surface area contributed by atoms with Gasteiger partial charge in [-0.05, 0) is 36.8 Å². The highest BCUT2D eigenvalue weighted by Gasteiger charge is 2.34. The third-order valence-corrected chi connectivity index (χ3v) is 4.46. The number of carbonyl (C=O) groups excluding carboxylic acids is 2. The molecule has 0 spiro atoms. The van der Waals surface area contributed by atoms with Crippen LogP contribution in [0.3, 0.4) is 0 Å². The van der Waals surface area contributed by atoms with Crippen LogP contribution in [0.15, 0.2) is 24.3 Å². The van der Waals surface area contributed by atoms with Crippen LogP contribution >= 0.6 is 24.0 Å². The number of rotatable bonds is 7. The molecule has 1 aromatic carbocycles. The Kier molecular flexibility index (Phi) is 8.00. The van der Waals surface area contributed by atoms with Gasteiger partial charge in [-0.2, -0.15) is 0 Å². The van der Waals surface area contributed by atoms with Crippen LogP contribution in [0.5, 0.6) is 0 Å². The fraction of sp³-hybridized carbons (Fsp3) is 0.529. The summed E-state index contributed by atoms with van der Waals surface area (Å²) in [5.41, 5.74) is 6.10. The summed E-state index contributed by atoms with van der Waals surface area (Å²) in [5.74, 6) is -0.113. The van der Waals surface area contributed by atoms with Crippen molar-refractivity contribution in [2.24, 2.45) is 17.6 Å². The van der Waals surface area contributed by atoms with Crippen molar-refractivity contribution in [2.75, 3.05) is 6.54 Å². The lowest BCUT2D eigenvalue weighted by Gasteiger charge is -2.25. The zero-order valence-corrected chi connectivity index (χ0v) is 15.5. The number of carbonyl (C=O) groups is 2. The molecule has 4 N–H and O–H groups in total. The highest BCUT2D eigenvalue weighted by Crippen LogP contribution is 2.32. The first kappa shape index (κ1) is 20.7. The number of hydrogen-bond acceptors (Lipinski definition) is 3. The second-order valence-electron chi connectivity index (χ2n) is 6.36. The van der Waals surface area contributed by atoms with E-state index in [9.17, 15) is 9.59 Å². The molecular formula is C17H25Cl2N3O2. The van der Waals surface area contributed by atoms with Gasteiger partial charge in [-0.15, -0.1) is 12.4 Å². The van der Waals surface area contributed by atoms with E-state index >= 15 is 0 Å². The quantitative estimate of drug-likeness (QED) is 0.685. The molecule has 0 bridgehead atoms. The van der Waals surface area contributed by atoms with Crippen LogP contribution in [0.1, 0.15) is 37.0 Å². The van der Waals surface area contributed by atoms with Gasteiger partial charge in [0.25, 0.3) is 5.91 Å². The highest BCUT2D eigenvalue weighted by atomic mass is 35.5. The van der Waals surface area contributed by atoms with Gasteiger partial charge in [0.05, 0.1) is 10.6 Å². The molecule has 2 amide bonds. The molecule has 24 heavy (non-hydrogen) atoms. The molecule has 0 heterocycles. The van der Waals surface area contributed by atoms with Crippen LogP contribution in [0.4, 0.5) is 0 Å². The lowest BCUT2D eigenvalue weighted by Crippen LogP contribution is -2.54. The van der Waals surface area contributed by atoms with Crippen LogP contribution in [0, 0.1) is 11.8 Å². The molecule has 134 valence electrons. The summed E-state index contributed by atoms with van der Waals surface area (Å²) in [6, 6.07) is 6.15. The number of hydrogen-bond donors (Lipinski definition) is 3. The maximum absolute atomic E-state index is 12.5. The van der Waals surface area contributed by atoms with Gasteiger partial charge in [0.15, 0.2) is 0 Å². The Balaban J connectivity index is 0.00000288. The van der Waals surface area contributed by atoms with Crippen LogP contribution in [-0.4, -0.2) is 30.4 Å². The third-order valence-electron chi connectivity index (χ3n) is 4.13. The molecule has 5 nitrogen and oxygen atoms in total. The molecule has 0 radical (unpaired) electrons. The van der Waals surface area contributed by atoms with Crippen molar-refractivity contribution in [3.8, 4) is 0 Å². The van der Waals surface area contributed by atoms with E-state index in [2.05, 4.69) is 10.6 Å². The van der Waals surface area contributed by atoms with Gasteiger partial charge in [-0.25, -0.2) is 0 Å². The summed E-state index contributed by atoms with van der Waals surface area (Å²) in [7, 11) is 0. The van der Waals surface area contributed by atoms with Crippen LogP contribution in [-0.2, 0) is 4.79 Å². The van der Waals surface area contributed by atoms with Crippen molar-refractivity contribution in [3.05, 3.63) is 34.9 Å². The minimum atomic E-state index is -0.619. The van der Waals surface area contributed by atoms with E-state index in [1.807, 2.05) is 13.8 Å². The molecule has 1 aliphatic carbocycles. The Morgan fingerprint density at radius 2 is 1.88 bits per heavy atom. The smallest absolute Gasteiger partial charge is 0.253 e. The number of halogens is 2. The molecule has 7 heteroatoms. The Morgan fingerprint density at radius 1 is 1.25 bits per heavy atom. The molecule has 1 saturated carbocycles. The molecule has 2 atom stereocenters. The van der Waals surface area contributed by atoms with Gasteiger partial charge in [-0.1, -0.05) is 37.6 Å². The Bertz CT molecular complexity index is 577. The second-order valence-corrected chi connectivity index (χ2v) is 6.77. The number of amides is 2. The van der Waals surface area contributed by atoms with E-state index in [1.165, 1.54) is 0 Å². The normalized spacial score (nSPS) is 16.0. The standard InChI is InChI=1S/C17H24ClN3O2.ClH/c1-10(2)15(17(23)20-14(9-19)11-7-8-11)21-16(22)12-5-3-4-6-13(12)18;/h3-6,10-11,14-15H,7-9,19H2,1-2H3,(H,20,23)(H,21,22);1H. The summed E-state index contributed by atoms with van der Waals surface area (Å²) in [6.45, 7) is 4.21. The maximum Gasteiger partial charge on any atom is 0.253 e. The summed E-state index contributed by atoms with van der Waals surface area (Å²) >= 11 is 6.04. The SMILES string of the molecule is CC(C)C(NC(=O)c1ccccc1Cl)C(=O)NC(CN)C1CC1.Cl. The van der Waals surface area contributed by atoms with Gasteiger partial charge in [0, 0.05) is 12.6 Å². The summed E-state index contributed by atoms with van der Waals surface area (Å²) in [6.07, 6.45) is 2.20. The zero-order chi connectivity index (χ0) is 17.0. The largest absolute Gasteiger partial charge is 0.350 e. The fourth-order valence-electron chi connectivity index (χ4n) is 2.54. The molecule has 0 aliphatic heterocycles. The molecular weight excluding hydrogens is 349 g/mol. The summed E-state index contributed by atoms with van der Waals surface area (Å²) in [4.78, 5) is 24.9. The molecule has 1 fully saturated rings. The monoisotopic (exact) mass is 373 g/mol. The summed E-state index contributed by atoms with van der Waals surface area (Å²) in [5, 5.41) is 6.12. The molecule has 2 unspecified atom stereocenters. The Morgan fingerprint density at radius 3 is 2.38 bits per heavy atom. The molecule has 1 aromatic rings. The Labute approximate surface area is 154 Å². The minimum Gasteiger partial charge on any atom is -0.350 e. The van der Waals surface area contributed by atoms with E-state index in [-0.39, 0.29) is 36.2 Å². The van der Waals surface area contributed by atoms with E-state index in [0.29, 0.717) is 23.0 Å². The predicted molar refractivity (Wildman–Crippen MR) is 98.5 cm³/mol. The topological polar surface area (TPSA) is 84.2 Å². The van der Waals surface area contributed by atoms with E-state index in [0.717, 1.165) is 12.8 Å². The number of nitrogens with two attached hydrogens (primary N) is 1. The fourth-order valence-corrected chi connectivity index (χ4v) is 2.76. The lowest BCUT2D eigenvalue weighted by molar-refractivity contribution is -0.124. The Hall–Kier alpha value is -1.30. The van der Waals surface area contributed by atoms with Gasteiger partial charge in [0.2, 0.25) is 5.91 Å². The van der Waals surface area contributed by atoms with Crippen molar-refractivity contribution in [1.82, 2.24) is 10.6 Å². The van der Waals surface area contributed by atoms with Gasteiger partial charge in [-0.3, -0.25) is 9.59 Å². The zero-order valence-electron chi connectivity index (χ0n) is 13.9. The van der Waals surface area contributed by atoms with Crippen molar-refractivity contribution in [2.45, 2.75) is 38.8 Å². The molecule has 0 saturated heterocycles. The number of nitrogens with one attached hydrogen (secondary N) is 2. The van der Waals surface area contributed by atoms with Crippen LogP contribution in [0.2, 0.25) is 5.02 Å². The van der Waals surface area contributed by atoms with Gasteiger partial charge < -0.3 is 16.4 Å². The average molecular weight is 374 g/mol. The third kappa shape index (κ3) is 5.36. The van der Waals surface area contributed by atoms with Crippen molar-refractivity contribution < 1.29 is 9.59 Å². The molecule has 0 aromatic heterocycles. The maximum atomic E-state index is 12.5. The van der Waals surface area contributed by atoms with Gasteiger partial charge in [0.1, 0.15) is 6.04 Å². The van der Waals surface area contributed by atoms with Crippen molar-refractivity contribution >= 4 is 35.8 Å². The van der Waals surface area contributed by atoms with Crippen LogP contribution in [0.25, 0.3) is 0 Å². The first-order valence-electron chi connectivity index (χ1n) is 7.99. The van der Waals surface area contributed by atoms with Crippen molar-refractivity contribution in [1.29, 1.82) is 0 Å². The second kappa shape index (κ2) is 9.25. The lowest BCUT2D eigenvalue weighted by atomic mass is 10.0. The highest BCUT2D eigenvalue weighted by molar-refractivity contribution is 6.33.